The van der Waals surface area contributed by atoms with E-state index in [0.29, 0.717) is 23.4 Å². The number of ether oxygens (including phenoxy) is 1. The quantitative estimate of drug-likeness (QED) is 0.344. The minimum Gasteiger partial charge on any atom is -0.492 e. The number of imidazole rings is 1. The van der Waals surface area contributed by atoms with Crippen molar-refractivity contribution in [3.8, 4) is 5.75 Å². The van der Waals surface area contributed by atoms with E-state index in [4.69, 9.17) is 33.7 Å². The number of aromatic amines is 1. The molecule has 0 saturated carbocycles. The molecule has 5 N–H and O–H groups in total. The minimum absolute atomic E-state index is 0.179. The van der Waals surface area contributed by atoms with Crippen LogP contribution in [0.25, 0.3) is 11.0 Å². The molecule has 0 radical (unpaired) electrons. The van der Waals surface area contributed by atoms with Gasteiger partial charge >= 0.3 is 0 Å². The van der Waals surface area contributed by atoms with Gasteiger partial charge in [0.15, 0.2) is 11.6 Å². The Balaban J connectivity index is 1.31. The molecule has 2 aliphatic rings. The highest BCUT2D eigenvalue weighted by Gasteiger charge is 2.54. The topological polar surface area (TPSA) is 138 Å². The lowest BCUT2D eigenvalue weighted by Gasteiger charge is -2.32. The predicted molar refractivity (Wildman–Crippen MR) is 143 cm³/mol. The first-order chi connectivity index (χ1) is 17.9. The van der Waals surface area contributed by atoms with Gasteiger partial charge in [-0.25, -0.2) is 4.98 Å². The number of nitrogens with two attached hydrogens (primary N) is 1. The number of likely N-dealkylation sites (tertiary alicyclic amines) is 1. The summed E-state index contributed by atoms with van der Waals surface area (Å²) in [5.74, 6) is -0.572. The molecule has 3 heterocycles. The molecule has 2 aromatic carbocycles. The number of nitrogens with zero attached hydrogens (tertiary/aromatic N) is 3. The molecule has 2 atom stereocenters. The standard InChI is InChI=1S/C25H27Cl2N7O3/c26-16-5-4-6-17(27)20(16)25(23(28)36)21(29-14-30-25)22(35)33-24-31-18-8-7-15(13-19(18)32-24)37-12-11-34-9-2-1-3-10-34/h4-8,13-14,21H,1-3,9-12H2,(H2,28,36)(H,29,30)(H2,31,32,33,35). The molecule has 12 heteroatoms. The number of anilines is 1. The van der Waals surface area contributed by atoms with Crippen molar-refractivity contribution in [3.05, 3.63) is 52.0 Å². The number of halogens is 2. The largest absolute Gasteiger partial charge is 0.492 e. The zero-order valence-electron chi connectivity index (χ0n) is 20.0. The van der Waals surface area contributed by atoms with Crippen molar-refractivity contribution in [3.63, 3.8) is 0 Å². The first-order valence-electron chi connectivity index (χ1n) is 12.1. The van der Waals surface area contributed by atoms with Crippen molar-refractivity contribution < 1.29 is 14.3 Å². The fourth-order valence-electron chi connectivity index (χ4n) is 4.88. The number of H-pyrrole nitrogens is 1. The number of hydrogen-bond acceptors (Lipinski definition) is 7. The molecule has 3 aromatic rings. The summed E-state index contributed by atoms with van der Waals surface area (Å²) in [7, 11) is 0. The summed E-state index contributed by atoms with van der Waals surface area (Å²) in [6.07, 6.45) is 5.03. The highest BCUT2D eigenvalue weighted by Crippen LogP contribution is 2.39. The number of carbonyl (C=O) groups excluding carboxylic acids is 2. The van der Waals surface area contributed by atoms with Gasteiger partial charge in [0.1, 0.15) is 12.4 Å². The third kappa shape index (κ3) is 4.96. The van der Waals surface area contributed by atoms with Gasteiger partial charge in [-0.3, -0.25) is 24.8 Å². The Hall–Kier alpha value is -3.34. The summed E-state index contributed by atoms with van der Waals surface area (Å²) in [5, 5.41) is 5.87. The number of carbonyl (C=O) groups is 2. The number of piperidine rings is 1. The molecule has 2 amide bonds. The van der Waals surface area contributed by atoms with Crippen LogP contribution in [-0.4, -0.2) is 65.3 Å². The van der Waals surface area contributed by atoms with E-state index in [2.05, 4.69) is 30.5 Å². The average Bonchev–Trinajstić information content (AvgIpc) is 3.49. The van der Waals surface area contributed by atoms with E-state index in [1.807, 2.05) is 18.2 Å². The second kappa shape index (κ2) is 10.6. The SMILES string of the molecule is NC(=O)C1(c2c(Cl)cccc2Cl)NC=NC1C(=O)Nc1nc2ccc(OCCN3CCCCC3)cc2[nH]1. The predicted octanol–water partition coefficient (Wildman–Crippen LogP) is 3.05. The number of primary amides is 1. The van der Waals surface area contributed by atoms with Crippen LogP contribution >= 0.6 is 23.2 Å². The van der Waals surface area contributed by atoms with Crippen LogP contribution in [0.15, 0.2) is 41.4 Å². The first-order valence-corrected chi connectivity index (χ1v) is 12.8. The van der Waals surface area contributed by atoms with Crippen molar-refractivity contribution in [2.75, 3.05) is 31.6 Å². The third-order valence-electron chi connectivity index (χ3n) is 6.74. The van der Waals surface area contributed by atoms with Crippen LogP contribution in [0.5, 0.6) is 5.75 Å². The van der Waals surface area contributed by atoms with Crippen LogP contribution in [0.4, 0.5) is 5.95 Å². The molecular weight excluding hydrogens is 517 g/mol. The van der Waals surface area contributed by atoms with Gasteiger partial charge in [0.2, 0.25) is 5.95 Å². The Morgan fingerprint density at radius 2 is 1.92 bits per heavy atom. The van der Waals surface area contributed by atoms with Gasteiger partial charge < -0.3 is 20.8 Å². The monoisotopic (exact) mass is 543 g/mol. The maximum absolute atomic E-state index is 13.3. The van der Waals surface area contributed by atoms with E-state index in [1.165, 1.54) is 25.6 Å². The van der Waals surface area contributed by atoms with Gasteiger partial charge in [0.05, 0.1) is 17.4 Å². The molecule has 1 fully saturated rings. The molecule has 0 bridgehead atoms. The van der Waals surface area contributed by atoms with Crippen molar-refractivity contribution in [2.45, 2.75) is 30.8 Å². The summed E-state index contributed by atoms with van der Waals surface area (Å²) in [4.78, 5) is 40.1. The summed E-state index contributed by atoms with van der Waals surface area (Å²) in [6.45, 7) is 3.71. The van der Waals surface area contributed by atoms with Gasteiger partial charge in [-0.2, -0.15) is 0 Å². The molecule has 37 heavy (non-hydrogen) atoms. The second-order valence-corrected chi connectivity index (χ2v) is 9.91. The Bertz CT molecular complexity index is 1340. The van der Waals surface area contributed by atoms with E-state index < -0.39 is 23.4 Å². The van der Waals surface area contributed by atoms with Crippen LogP contribution in [0.2, 0.25) is 10.0 Å². The number of aliphatic imine (C=N–C) groups is 1. The zero-order valence-corrected chi connectivity index (χ0v) is 21.5. The third-order valence-corrected chi connectivity index (χ3v) is 7.37. The Labute approximate surface area is 223 Å². The van der Waals surface area contributed by atoms with Gasteiger partial charge in [0.25, 0.3) is 11.8 Å². The van der Waals surface area contributed by atoms with Crippen molar-refractivity contribution in [1.29, 1.82) is 0 Å². The van der Waals surface area contributed by atoms with Gasteiger partial charge in [0, 0.05) is 28.2 Å². The number of nitrogens with one attached hydrogen (secondary N) is 3. The van der Waals surface area contributed by atoms with Crippen LogP contribution < -0.4 is 21.1 Å². The lowest BCUT2D eigenvalue weighted by molar-refractivity contribution is -0.129. The molecular formula is C25H27Cl2N7O3. The first kappa shape index (κ1) is 25.3. The van der Waals surface area contributed by atoms with E-state index >= 15 is 0 Å². The lowest BCUT2D eigenvalue weighted by atomic mass is 9.82. The van der Waals surface area contributed by atoms with Gasteiger partial charge in [-0.05, 0) is 50.2 Å². The summed E-state index contributed by atoms with van der Waals surface area (Å²) in [6, 6.07) is 8.97. The van der Waals surface area contributed by atoms with Gasteiger partial charge in [-0.1, -0.05) is 35.7 Å². The van der Waals surface area contributed by atoms with Gasteiger partial charge in [-0.15, -0.1) is 0 Å². The fourth-order valence-corrected chi connectivity index (χ4v) is 5.58. The number of aromatic nitrogens is 2. The Morgan fingerprint density at radius 1 is 1.16 bits per heavy atom. The number of rotatable bonds is 8. The summed E-state index contributed by atoms with van der Waals surface area (Å²) >= 11 is 12.7. The molecule has 194 valence electrons. The number of fused-ring (bicyclic) bond motifs is 1. The fraction of sp³-hybridized carbons (Fsp3) is 0.360. The summed E-state index contributed by atoms with van der Waals surface area (Å²) in [5.41, 5.74) is 5.52. The van der Waals surface area contributed by atoms with Crippen LogP contribution in [0.3, 0.4) is 0 Å². The van der Waals surface area contributed by atoms with E-state index in [-0.39, 0.29) is 21.6 Å². The minimum atomic E-state index is -1.76. The number of benzene rings is 2. The molecule has 0 spiro atoms. The van der Waals surface area contributed by atoms with Crippen molar-refractivity contribution >= 4 is 58.3 Å². The second-order valence-electron chi connectivity index (χ2n) is 9.10. The zero-order chi connectivity index (χ0) is 26.0. The molecule has 2 aliphatic heterocycles. The van der Waals surface area contributed by atoms with E-state index in [9.17, 15) is 9.59 Å². The number of amides is 2. The smallest absolute Gasteiger partial charge is 0.254 e. The molecule has 10 nitrogen and oxygen atoms in total. The maximum Gasteiger partial charge on any atom is 0.254 e. The maximum atomic E-state index is 13.3. The Morgan fingerprint density at radius 3 is 2.65 bits per heavy atom. The molecule has 0 aliphatic carbocycles. The molecule has 1 aromatic heterocycles. The molecule has 5 rings (SSSR count). The van der Waals surface area contributed by atoms with E-state index in [1.54, 1.807) is 18.2 Å². The van der Waals surface area contributed by atoms with Crippen LogP contribution in [0.1, 0.15) is 24.8 Å². The highest BCUT2D eigenvalue weighted by molar-refractivity contribution is 6.37. The van der Waals surface area contributed by atoms with Crippen molar-refractivity contribution in [2.24, 2.45) is 10.7 Å². The molecule has 1 saturated heterocycles. The van der Waals surface area contributed by atoms with Crippen LogP contribution in [0, 0.1) is 0 Å². The van der Waals surface area contributed by atoms with E-state index in [0.717, 1.165) is 19.6 Å². The van der Waals surface area contributed by atoms with Crippen molar-refractivity contribution in [1.82, 2.24) is 20.2 Å². The highest BCUT2D eigenvalue weighted by atomic mass is 35.5. The molecule has 2 unspecified atom stereocenters. The lowest BCUT2D eigenvalue weighted by Crippen LogP contribution is -2.59. The normalized spacial score (nSPS) is 21.6. The Kier molecular flexibility index (Phi) is 7.23. The summed E-state index contributed by atoms with van der Waals surface area (Å²) < 4.78 is 5.93. The number of hydrogen-bond donors (Lipinski definition) is 4. The van der Waals surface area contributed by atoms with Crippen LogP contribution in [-0.2, 0) is 15.1 Å². The average molecular weight is 544 g/mol.